The third-order valence-electron chi connectivity index (χ3n) is 4.93. The smallest absolute Gasteiger partial charge is 0.120 e. The minimum Gasteiger partial charge on any atom is -0.385 e. The lowest BCUT2D eigenvalue weighted by atomic mass is 9.84. The van der Waals surface area contributed by atoms with E-state index in [1.54, 1.807) is 0 Å². The van der Waals surface area contributed by atoms with Gasteiger partial charge in [0, 0.05) is 6.42 Å². The second-order valence-corrected chi connectivity index (χ2v) is 7.03. The molecule has 0 fully saturated rings. The molecular formula is C22H36O2. The van der Waals surface area contributed by atoms with Crippen molar-refractivity contribution in [3.63, 3.8) is 0 Å². The van der Waals surface area contributed by atoms with Crippen LogP contribution in [-0.4, -0.2) is 11.4 Å². The van der Waals surface area contributed by atoms with Crippen LogP contribution in [0.3, 0.4) is 0 Å². The zero-order valence-corrected chi connectivity index (χ0v) is 15.5. The van der Waals surface area contributed by atoms with Gasteiger partial charge in [-0.3, -0.25) is 0 Å². The highest BCUT2D eigenvalue weighted by atomic mass is 16.3. The normalized spacial score (nSPS) is 13.6. The molecule has 1 rings (SSSR count). The molecule has 0 bridgehead atoms. The van der Waals surface area contributed by atoms with Gasteiger partial charge in [0.05, 0.1) is 5.60 Å². The molecule has 0 aliphatic rings. The zero-order chi connectivity index (χ0) is 17.5. The van der Waals surface area contributed by atoms with E-state index in [9.17, 15) is 9.90 Å². The van der Waals surface area contributed by atoms with Gasteiger partial charge < -0.3 is 9.90 Å². The summed E-state index contributed by atoms with van der Waals surface area (Å²) in [7, 11) is 0. The largest absolute Gasteiger partial charge is 0.385 e. The van der Waals surface area contributed by atoms with E-state index < -0.39 is 5.60 Å². The third kappa shape index (κ3) is 8.63. The highest BCUT2D eigenvalue weighted by Crippen LogP contribution is 2.32. The Morgan fingerprint density at radius 1 is 0.833 bits per heavy atom. The molecular weight excluding hydrogens is 296 g/mol. The van der Waals surface area contributed by atoms with Crippen molar-refractivity contribution in [2.75, 3.05) is 0 Å². The number of carbonyl (C=O) groups excluding carboxylic acids is 1. The van der Waals surface area contributed by atoms with Gasteiger partial charge in [-0.25, -0.2) is 0 Å². The Kier molecular flexibility index (Phi) is 11.5. The van der Waals surface area contributed by atoms with Gasteiger partial charge in [-0.05, 0) is 18.4 Å². The summed E-state index contributed by atoms with van der Waals surface area (Å²) in [6.07, 6.45) is 15.5. The summed E-state index contributed by atoms with van der Waals surface area (Å²) < 4.78 is 0. The Balaban J connectivity index is 2.22. The molecule has 1 aromatic rings. The maximum absolute atomic E-state index is 11.0. The van der Waals surface area contributed by atoms with Crippen molar-refractivity contribution in [2.45, 2.75) is 96.0 Å². The molecule has 0 aliphatic carbocycles. The number of benzene rings is 1. The Morgan fingerprint density at radius 2 is 1.38 bits per heavy atom. The SMILES string of the molecule is CCCCCCCCCCCCC(O)(CCC=O)c1ccccc1. The number of rotatable bonds is 15. The lowest BCUT2D eigenvalue weighted by Gasteiger charge is -2.28. The van der Waals surface area contributed by atoms with Gasteiger partial charge in [-0.2, -0.15) is 0 Å². The van der Waals surface area contributed by atoms with Crippen LogP contribution < -0.4 is 0 Å². The fraction of sp³-hybridized carbons (Fsp3) is 0.682. The Bertz CT molecular complexity index is 415. The fourth-order valence-corrected chi connectivity index (χ4v) is 3.36. The van der Waals surface area contributed by atoms with Crippen LogP contribution in [0.4, 0.5) is 0 Å². The quantitative estimate of drug-likeness (QED) is 0.308. The lowest BCUT2D eigenvalue weighted by Crippen LogP contribution is -2.25. The number of hydrogen-bond acceptors (Lipinski definition) is 2. The highest BCUT2D eigenvalue weighted by molar-refractivity contribution is 5.49. The fourth-order valence-electron chi connectivity index (χ4n) is 3.36. The van der Waals surface area contributed by atoms with Gasteiger partial charge in [0.1, 0.15) is 6.29 Å². The van der Waals surface area contributed by atoms with Gasteiger partial charge in [0.15, 0.2) is 0 Å². The average molecular weight is 333 g/mol. The van der Waals surface area contributed by atoms with Crippen LogP contribution in [0.2, 0.25) is 0 Å². The first kappa shape index (κ1) is 20.9. The van der Waals surface area contributed by atoms with E-state index in [1.807, 2.05) is 30.3 Å². The van der Waals surface area contributed by atoms with E-state index in [0.29, 0.717) is 12.8 Å². The van der Waals surface area contributed by atoms with Crippen LogP contribution in [0.15, 0.2) is 30.3 Å². The van der Waals surface area contributed by atoms with Gasteiger partial charge in [0.2, 0.25) is 0 Å². The molecule has 1 unspecified atom stereocenters. The molecule has 1 atom stereocenters. The van der Waals surface area contributed by atoms with E-state index in [1.165, 1.54) is 57.8 Å². The third-order valence-corrected chi connectivity index (χ3v) is 4.93. The standard InChI is InChI=1S/C22H36O2/c1-2-3-4-5-6-7-8-9-10-14-18-22(24,19-15-20-23)21-16-12-11-13-17-21/h11-13,16-17,20,24H,2-10,14-15,18-19H2,1H3. The number of unbranched alkanes of at least 4 members (excludes halogenated alkanes) is 9. The molecule has 24 heavy (non-hydrogen) atoms. The van der Waals surface area contributed by atoms with Gasteiger partial charge in [-0.15, -0.1) is 0 Å². The summed E-state index contributed by atoms with van der Waals surface area (Å²) in [5.74, 6) is 0. The maximum atomic E-state index is 11.0. The van der Waals surface area contributed by atoms with Crippen LogP contribution >= 0.6 is 0 Å². The van der Waals surface area contributed by atoms with Crippen LogP contribution in [-0.2, 0) is 10.4 Å². The Morgan fingerprint density at radius 3 is 1.92 bits per heavy atom. The summed E-state index contributed by atoms with van der Waals surface area (Å²) in [6, 6.07) is 9.83. The minimum absolute atomic E-state index is 0.420. The minimum atomic E-state index is -0.845. The maximum Gasteiger partial charge on any atom is 0.120 e. The predicted molar refractivity (Wildman–Crippen MR) is 102 cm³/mol. The van der Waals surface area contributed by atoms with Crippen molar-refractivity contribution >= 4 is 6.29 Å². The van der Waals surface area contributed by atoms with Crippen molar-refractivity contribution in [1.29, 1.82) is 0 Å². The molecule has 1 aromatic carbocycles. The molecule has 1 N–H and O–H groups in total. The lowest BCUT2D eigenvalue weighted by molar-refractivity contribution is -0.109. The van der Waals surface area contributed by atoms with E-state index >= 15 is 0 Å². The first-order valence-electron chi connectivity index (χ1n) is 9.94. The summed E-state index contributed by atoms with van der Waals surface area (Å²) in [5, 5.41) is 11.0. The zero-order valence-electron chi connectivity index (χ0n) is 15.5. The second kappa shape index (κ2) is 13.2. The summed E-state index contributed by atoms with van der Waals surface area (Å²) in [4.78, 5) is 10.7. The molecule has 2 heteroatoms. The van der Waals surface area contributed by atoms with Gasteiger partial charge >= 0.3 is 0 Å². The van der Waals surface area contributed by atoms with Gasteiger partial charge in [0.25, 0.3) is 0 Å². The van der Waals surface area contributed by atoms with Crippen LogP contribution in [0.5, 0.6) is 0 Å². The molecule has 0 radical (unpaired) electrons. The van der Waals surface area contributed by atoms with Gasteiger partial charge in [-0.1, -0.05) is 101 Å². The van der Waals surface area contributed by atoms with Crippen molar-refractivity contribution in [3.8, 4) is 0 Å². The Hall–Kier alpha value is -1.15. The van der Waals surface area contributed by atoms with E-state index in [-0.39, 0.29) is 0 Å². The first-order valence-corrected chi connectivity index (χ1v) is 9.94. The number of aldehydes is 1. The molecule has 136 valence electrons. The molecule has 0 aliphatic heterocycles. The number of hydrogen-bond donors (Lipinski definition) is 1. The van der Waals surface area contributed by atoms with Crippen molar-refractivity contribution in [1.82, 2.24) is 0 Å². The predicted octanol–water partition coefficient (Wildman–Crippen LogP) is 6.16. The van der Waals surface area contributed by atoms with Crippen LogP contribution in [0.1, 0.15) is 96.0 Å². The number of aliphatic hydroxyl groups is 1. The van der Waals surface area contributed by atoms with E-state index in [2.05, 4.69) is 6.92 Å². The molecule has 2 nitrogen and oxygen atoms in total. The van der Waals surface area contributed by atoms with Crippen molar-refractivity contribution in [2.24, 2.45) is 0 Å². The first-order chi connectivity index (χ1) is 11.7. The monoisotopic (exact) mass is 332 g/mol. The summed E-state index contributed by atoms with van der Waals surface area (Å²) in [5.41, 5.74) is 0.102. The average Bonchev–Trinajstić information content (AvgIpc) is 2.62. The number of carbonyl (C=O) groups is 1. The van der Waals surface area contributed by atoms with Crippen molar-refractivity contribution < 1.29 is 9.90 Å². The van der Waals surface area contributed by atoms with Crippen molar-refractivity contribution in [3.05, 3.63) is 35.9 Å². The summed E-state index contributed by atoms with van der Waals surface area (Å²) >= 11 is 0. The van der Waals surface area contributed by atoms with Crippen LogP contribution in [0, 0.1) is 0 Å². The van der Waals surface area contributed by atoms with E-state index in [4.69, 9.17) is 0 Å². The highest BCUT2D eigenvalue weighted by Gasteiger charge is 2.27. The second-order valence-electron chi connectivity index (χ2n) is 7.03. The molecule has 0 saturated carbocycles. The van der Waals surface area contributed by atoms with E-state index in [0.717, 1.165) is 24.7 Å². The molecule has 0 heterocycles. The molecule has 0 spiro atoms. The summed E-state index contributed by atoms with van der Waals surface area (Å²) in [6.45, 7) is 2.26. The molecule has 0 aromatic heterocycles. The topological polar surface area (TPSA) is 37.3 Å². The van der Waals surface area contributed by atoms with Crippen LogP contribution in [0.25, 0.3) is 0 Å². The molecule has 0 amide bonds. The molecule has 0 saturated heterocycles. The Labute approximate surface area is 148 Å².